The van der Waals surface area contributed by atoms with Crippen LogP contribution in [-0.4, -0.2) is 37.2 Å². The van der Waals surface area contributed by atoms with E-state index in [0.717, 1.165) is 30.9 Å². The molecule has 1 aromatic carbocycles. The number of aliphatic hydroxyl groups is 1. The minimum atomic E-state index is 0.241. The molecule has 0 aliphatic heterocycles. The molecule has 0 amide bonds. The first-order valence-corrected chi connectivity index (χ1v) is 7.39. The molecule has 1 atom stereocenters. The summed E-state index contributed by atoms with van der Waals surface area (Å²) in [6.45, 7) is 3.40. The van der Waals surface area contributed by atoms with E-state index in [1.54, 1.807) is 7.11 Å². The third-order valence-electron chi connectivity index (χ3n) is 2.67. The van der Waals surface area contributed by atoms with Crippen LogP contribution >= 0.6 is 11.8 Å². The zero-order chi connectivity index (χ0) is 13.2. The van der Waals surface area contributed by atoms with Gasteiger partial charge in [-0.15, -0.1) is 11.8 Å². The van der Waals surface area contributed by atoms with Crippen LogP contribution in [0.4, 0.5) is 0 Å². The number of aliphatic hydroxyl groups excluding tert-OH is 1. The first kappa shape index (κ1) is 15.3. The Bertz CT molecular complexity index is 316. The SMILES string of the molecule is CCCNC(CCO)CSc1ccc(OC)cc1. The van der Waals surface area contributed by atoms with E-state index in [9.17, 15) is 0 Å². The average Bonchev–Trinajstić information content (AvgIpc) is 2.42. The van der Waals surface area contributed by atoms with Gasteiger partial charge in [0.1, 0.15) is 5.75 Å². The standard InChI is InChI=1S/C14H23NO2S/c1-3-9-15-12(8-10-16)11-18-14-6-4-13(17-2)5-7-14/h4-7,12,15-16H,3,8-11H2,1-2H3. The maximum atomic E-state index is 9.04. The Kier molecular flexibility index (Phi) is 7.89. The van der Waals surface area contributed by atoms with E-state index >= 15 is 0 Å². The van der Waals surface area contributed by atoms with Crippen molar-refractivity contribution in [1.29, 1.82) is 0 Å². The van der Waals surface area contributed by atoms with E-state index < -0.39 is 0 Å². The Morgan fingerprint density at radius 3 is 2.61 bits per heavy atom. The Morgan fingerprint density at radius 1 is 1.33 bits per heavy atom. The van der Waals surface area contributed by atoms with Crippen LogP contribution in [0.1, 0.15) is 19.8 Å². The highest BCUT2D eigenvalue weighted by Crippen LogP contribution is 2.22. The van der Waals surface area contributed by atoms with E-state index in [1.807, 2.05) is 23.9 Å². The molecule has 0 saturated carbocycles. The van der Waals surface area contributed by atoms with Gasteiger partial charge in [0.15, 0.2) is 0 Å². The predicted molar refractivity (Wildman–Crippen MR) is 77.5 cm³/mol. The minimum absolute atomic E-state index is 0.241. The molecule has 1 aromatic rings. The summed E-state index contributed by atoms with van der Waals surface area (Å²) in [4.78, 5) is 1.23. The lowest BCUT2D eigenvalue weighted by Gasteiger charge is -2.17. The predicted octanol–water partition coefficient (Wildman–Crippen LogP) is 2.54. The van der Waals surface area contributed by atoms with Crippen LogP contribution in [0.2, 0.25) is 0 Å². The largest absolute Gasteiger partial charge is 0.497 e. The van der Waals surface area contributed by atoms with Gasteiger partial charge in [-0.3, -0.25) is 0 Å². The minimum Gasteiger partial charge on any atom is -0.497 e. The summed E-state index contributed by atoms with van der Waals surface area (Å²) in [7, 11) is 1.67. The number of hydrogen-bond donors (Lipinski definition) is 2. The maximum Gasteiger partial charge on any atom is 0.118 e. The van der Waals surface area contributed by atoms with Crippen molar-refractivity contribution in [2.75, 3.05) is 26.0 Å². The van der Waals surface area contributed by atoms with Crippen LogP contribution < -0.4 is 10.1 Å². The maximum absolute atomic E-state index is 9.04. The second-order valence-corrected chi connectivity index (χ2v) is 5.24. The normalized spacial score (nSPS) is 12.4. The topological polar surface area (TPSA) is 41.5 Å². The number of benzene rings is 1. The van der Waals surface area contributed by atoms with Crippen molar-refractivity contribution in [2.45, 2.75) is 30.7 Å². The van der Waals surface area contributed by atoms with Crippen LogP contribution in [0.5, 0.6) is 5.75 Å². The lowest BCUT2D eigenvalue weighted by molar-refractivity contribution is 0.270. The molecule has 2 N–H and O–H groups in total. The van der Waals surface area contributed by atoms with Gasteiger partial charge in [-0.2, -0.15) is 0 Å². The smallest absolute Gasteiger partial charge is 0.118 e. The molecule has 0 aromatic heterocycles. The summed E-state index contributed by atoms with van der Waals surface area (Å²) in [5.74, 6) is 1.86. The number of methoxy groups -OCH3 is 1. The zero-order valence-corrected chi connectivity index (χ0v) is 12.0. The second kappa shape index (κ2) is 9.25. The number of thioether (sulfide) groups is 1. The molecule has 0 aliphatic carbocycles. The second-order valence-electron chi connectivity index (χ2n) is 4.15. The first-order valence-electron chi connectivity index (χ1n) is 6.41. The van der Waals surface area contributed by atoms with Crippen LogP contribution in [0.25, 0.3) is 0 Å². The van der Waals surface area contributed by atoms with Crippen molar-refractivity contribution in [3.05, 3.63) is 24.3 Å². The van der Waals surface area contributed by atoms with Crippen LogP contribution in [0, 0.1) is 0 Å². The quantitative estimate of drug-likeness (QED) is 0.676. The van der Waals surface area contributed by atoms with Gasteiger partial charge in [-0.25, -0.2) is 0 Å². The Hall–Kier alpha value is -0.710. The summed E-state index contributed by atoms with van der Waals surface area (Å²) >= 11 is 1.81. The van der Waals surface area contributed by atoms with Crippen molar-refractivity contribution < 1.29 is 9.84 Å². The van der Waals surface area contributed by atoms with Crippen molar-refractivity contribution in [1.82, 2.24) is 5.32 Å². The molecule has 18 heavy (non-hydrogen) atoms. The monoisotopic (exact) mass is 269 g/mol. The Morgan fingerprint density at radius 2 is 2.06 bits per heavy atom. The van der Waals surface area contributed by atoms with Gasteiger partial charge in [-0.1, -0.05) is 6.92 Å². The summed E-state index contributed by atoms with van der Waals surface area (Å²) in [6, 6.07) is 8.46. The van der Waals surface area contributed by atoms with Gasteiger partial charge in [0.2, 0.25) is 0 Å². The molecule has 0 saturated heterocycles. The molecule has 0 fully saturated rings. The summed E-state index contributed by atoms with van der Waals surface area (Å²) in [6.07, 6.45) is 1.93. The molecule has 0 heterocycles. The van der Waals surface area contributed by atoms with Crippen LogP contribution in [-0.2, 0) is 0 Å². The van der Waals surface area contributed by atoms with Gasteiger partial charge in [0, 0.05) is 23.3 Å². The third-order valence-corrected chi connectivity index (χ3v) is 3.85. The molecule has 1 unspecified atom stereocenters. The molecule has 4 heteroatoms. The molecule has 1 rings (SSSR count). The molecule has 0 aliphatic rings. The molecule has 3 nitrogen and oxygen atoms in total. The molecule has 102 valence electrons. The molecular formula is C14H23NO2S. The number of rotatable bonds is 9. The number of hydrogen-bond acceptors (Lipinski definition) is 4. The summed E-state index contributed by atoms with van der Waals surface area (Å²) in [5, 5.41) is 12.5. The molecule has 0 radical (unpaired) electrons. The fraction of sp³-hybridized carbons (Fsp3) is 0.571. The van der Waals surface area contributed by atoms with E-state index in [0.29, 0.717) is 6.04 Å². The number of ether oxygens (including phenoxy) is 1. The van der Waals surface area contributed by atoms with Gasteiger partial charge < -0.3 is 15.2 Å². The highest BCUT2D eigenvalue weighted by Gasteiger charge is 2.07. The van der Waals surface area contributed by atoms with Crippen molar-refractivity contribution in [3.8, 4) is 5.75 Å². The van der Waals surface area contributed by atoms with Crippen molar-refractivity contribution in [2.24, 2.45) is 0 Å². The lowest BCUT2D eigenvalue weighted by Crippen LogP contribution is -2.32. The van der Waals surface area contributed by atoms with Gasteiger partial charge in [-0.05, 0) is 43.7 Å². The fourth-order valence-electron chi connectivity index (χ4n) is 1.62. The average molecular weight is 269 g/mol. The first-order chi connectivity index (χ1) is 8.80. The van der Waals surface area contributed by atoms with E-state index in [1.165, 1.54) is 4.90 Å². The zero-order valence-electron chi connectivity index (χ0n) is 11.2. The number of nitrogens with one attached hydrogen (secondary N) is 1. The molecule has 0 spiro atoms. The Labute approximate surface area is 114 Å². The van der Waals surface area contributed by atoms with E-state index in [2.05, 4.69) is 24.4 Å². The third kappa shape index (κ3) is 5.76. The molecule has 0 bridgehead atoms. The van der Waals surface area contributed by atoms with E-state index in [4.69, 9.17) is 9.84 Å². The highest BCUT2D eigenvalue weighted by molar-refractivity contribution is 7.99. The van der Waals surface area contributed by atoms with E-state index in [-0.39, 0.29) is 6.61 Å². The molecular weight excluding hydrogens is 246 g/mol. The highest BCUT2D eigenvalue weighted by atomic mass is 32.2. The van der Waals surface area contributed by atoms with Gasteiger partial charge in [0.05, 0.1) is 7.11 Å². The van der Waals surface area contributed by atoms with Crippen molar-refractivity contribution in [3.63, 3.8) is 0 Å². The van der Waals surface area contributed by atoms with Gasteiger partial charge in [0.25, 0.3) is 0 Å². The lowest BCUT2D eigenvalue weighted by atomic mass is 10.2. The summed E-state index contributed by atoms with van der Waals surface area (Å²) < 4.78 is 5.13. The van der Waals surface area contributed by atoms with Crippen LogP contribution in [0.3, 0.4) is 0 Å². The van der Waals surface area contributed by atoms with Crippen molar-refractivity contribution >= 4 is 11.8 Å². The van der Waals surface area contributed by atoms with Gasteiger partial charge >= 0.3 is 0 Å². The Balaban J connectivity index is 2.39. The van der Waals surface area contributed by atoms with Crippen LogP contribution in [0.15, 0.2) is 29.2 Å². The fourth-order valence-corrected chi connectivity index (χ4v) is 2.62. The summed E-state index contributed by atoms with van der Waals surface area (Å²) in [5.41, 5.74) is 0.